The van der Waals surface area contributed by atoms with Crippen LogP contribution in [0.3, 0.4) is 0 Å². The van der Waals surface area contributed by atoms with Gasteiger partial charge < -0.3 is 5.32 Å². The number of aromatic amines is 1. The standard InChI is InChI=1S/C15H21N3O/c1-8-2-13(18-17-8)16-15(19)14-11-4-9-3-10(6-11)7-12(14)5-9/h2,9-12,14H,3-7H2,1H3,(H2,16,17,18,19). The molecule has 1 amide bonds. The van der Waals surface area contributed by atoms with E-state index in [4.69, 9.17) is 0 Å². The van der Waals surface area contributed by atoms with Crippen LogP contribution in [0.1, 0.15) is 37.8 Å². The number of rotatable bonds is 2. The largest absolute Gasteiger partial charge is 0.309 e. The lowest BCUT2D eigenvalue weighted by molar-refractivity contribution is -0.132. The molecule has 4 bridgehead atoms. The van der Waals surface area contributed by atoms with Crippen molar-refractivity contribution in [3.05, 3.63) is 11.8 Å². The van der Waals surface area contributed by atoms with Gasteiger partial charge in [-0.2, -0.15) is 5.10 Å². The van der Waals surface area contributed by atoms with Crippen molar-refractivity contribution in [1.82, 2.24) is 10.2 Å². The third-order valence-corrected chi connectivity index (χ3v) is 5.49. The Kier molecular flexibility index (Phi) is 2.47. The van der Waals surface area contributed by atoms with Crippen LogP contribution in [-0.2, 0) is 4.79 Å². The summed E-state index contributed by atoms with van der Waals surface area (Å²) in [4.78, 5) is 12.5. The summed E-state index contributed by atoms with van der Waals surface area (Å²) in [5.41, 5.74) is 0.986. The minimum absolute atomic E-state index is 0.209. The van der Waals surface area contributed by atoms with Crippen LogP contribution in [0.15, 0.2) is 6.07 Å². The average molecular weight is 259 g/mol. The lowest BCUT2D eigenvalue weighted by atomic mass is 9.51. The molecule has 0 spiro atoms. The SMILES string of the molecule is Cc1cc(NC(=O)C2C3CC4CC(C3)CC2C4)n[nH]1. The topological polar surface area (TPSA) is 57.8 Å². The van der Waals surface area contributed by atoms with E-state index >= 15 is 0 Å². The molecule has 4 heteroatoms. The van der Waals surface area contributed by atoms with Crippen LogP contribution in [0.2, 0.25) is 0 Å². The van der Waals surface area contributed by atoms with Gasteiger partial charge >= 0.3 is 0 Å². The Morgan fingerprint density at radius 3 is 2.37 bits per heavy atom. The number of nitrogens with one attached hydrogen (secondary N) is 2. The molecular weight excluding hydrogens is 238 g/mol. The molecule has 4 nitrogen and oxygen atoms in total. The summed E-state index contributed by atoms with van der Waals surface area (Å²) < 4.78 is 0. The van der Waals surface area contributed by atoms with Crippen molar-refractivity contribution in [3.63, 3.8) is 0 Å². The molecule has 4 aliphatic rings. The summed E-state index contributed by atoms with van der Waals surface area (Å²) in [5.74, 6) is 4.23. The van der Waals surface area contributed by atoms with E-state index in [1.54, 1.807) is 0 Å². The number of hydrogen-bond donors (Lipinski definition) is 2. The third kappa shape index (κ3) is 1.88. The Morgan fingerprint density at radius 1 is 1.21 bits per heavy atom. The van der Waals surface area contributed by atoms with Gasteiger partial charge in [0, 0.05) is 17.7 Å². The van der Waals surface area contributed by atoms with Crippen LogP contribution >= 0.6 is 0 Å². The zero-order chi connectivity index (χ0) is 13.0. The van der Waals surface area contributed by atoms with Gasteiger partial charge in [0.1, 0.15) is 0 Å². The van der Waals surface area contributed by atoms with E-state index in [0.29, 0.717) is 17.7 Å². The molecule has 4 fully saturated rings. The second-order valence-electron chi connectivity index (χ2n) is 6.88. The van der Waals surface area contributed by atoms with E-state index in [1.807, 2.05) is 13.0 Å². The Hall–Kier alpha value is -1.32. The number of aromatic nitrogens is 2. The lowest BCUT2D eigenvalue weighted by Gasteiger charge is -2.53. The number of nitrogens with zero attached hydrogens (tertiary/aromatic N) is 1. The van der Waals surface area contributed by atoms with E-state index in [1.165, 1.54) is 32.1 Å². The summed E-state index contributed by atoms with van der Waals surface area (Å²) in [5, 5.41) is 10.00. The van der Waals surface area contributed by atoms with Crippen molar-refractivity contribution in [2.75, 3.05) is 5.32 Å². The summed E-state index contributed by atoms with van der Waals surface area (Å²) in [6.45, 7) is 1.95. The second kappa shape index (κ2) is 4.09. The molecule has 1 heterocycles. The van der Waals surface area contributed by atoms with Crippen LogP contribution in [0.25, 0.3) is 0 Å². The van der Waals surface area contributed by atoms with Crippen LogP contribution in [-0.4, -0.2) is 16.1 Å². The molecule has 0 saturated heterocycles. The maximum atomic E-state index is 12.5. The highest BCUT2D eigenvalue weighted by Crippen LogP contribution is 2.56. The Labute approximate surface area is 113 Å². The van der Waals surface area contributed by atoms with Gasteiger partial charge in [-0.15, -0.1) is 0 Å². The van der Waals surface area contributed by atoms with Gasteiger partial charge in [-0.3, -0.25) is 9.89 Å². The smallest absolute Gasteiger partial charge is 0.229 e. The normalized spacial score (nSPS) is 39.5. The number of carbonyl (C=O) groups excluding carboxylic acids is 1. The van der Waals surface area contributed by atoms with E-state index in [0.717, 1.165) is 17.5 Å². The first-order chi connectivity index (χ1) is 9.19. The number of anilines is 1. The summed E-state index contributed by atoms with van der Waals surface area (Å²) in [7, 11) is 0. The quantitative estimate of drug-likeness (QED) is 0.858. The first kappa shape index (κ1) is 11.5. The van der Waals surface area contributed by atoms with Crippen molar-refractivity contribution in [2.45, 2.75) is 39.0 Å². The highest BCUT2D eigenvalue weighted by molar-refractivity contribution is 5.92. The molecule has 2 N–H and O–H groups in total. The molecule has 1 aromatic rings. The number of amides is 1. The van der Waals surface area contributed by atoms with Crippen LogP contribution in [0.4, 0.5) is 5.82 Å². The van der Waals surface area contributed by atoms with Crippen LogP contribution < -0.4 is 5.32 Å². The predicted molar refractivity (Wildman–Crippen MR) is 72.5 cm³/mol. The molecule has 102 valence electrons. The second-order valence-corrected chi connectivity index (χ2v) is 6.88. The molecule has 0 atom stereocenters. The van der Waals surface area contributed by atoms with Gasteiger partial charge in [0.05, 0.1) is 0 Å². The summed E-state index contributed by atoms with van der Waals surface area (Å²) in [6, 6.07) is 1.90. The Balaban J connectivity index is 1.51. The fraction of sp³-hybridized carbons (Fsp3) is 0.733. The molecule has 0 unspecified atom stereocenters. The summed E-state index contributed by atoms with van der Waals surface area (Å²) in [6.07, 6.45) is 6.56. The number of carbonyl (C=O) groups is 1. The molecule has 4 aliphatic carbocycles. The van der Waals surface area contributed by atoms with Crippen LogP contribution in [0, 0.1) is 36.5 Å². The van der Waals surface area contributed by atoms with Crippen molar-refractivity contribution in [1.29, 1.82) is 0 Å². The Bertz CT molecular complexity index is 479. The van der Waals surface area contributed by atoms with Crippen molar-refractivity contribution >= 4 is 11.7 Å². The van der Waals surface area contributed by atoms with Gasteiger partial charge in [0.15, 0.2) is 5.82 Å². The first-order valence-corrected chi connectivity index (χ1v) is 7.52. The van der Waals surface area contributed by atoms with Crippen molar-refractivity contribution in [2.24, 2.45) is 29.6 Å². The monoisotopic (exact) mass is 259 g/mol. The predicted octanol–water partition coefficient (Wildman–Crippen LogP) is 2.73. The Morgan fingerprint density at radius 2 is 1.84 bits per heavy atom. The van der Waals surface area contributed by atoms with Gasteiger partial charge in [0.2, 0.25) is 5.91 Å². The molecule has 0 aliphatic heterocycles. The first-order valence-electron chi connectivity index (χ1n) is 7.52. The molecule has 0 radical (unpaired) electrons. The number of H-pyrrole nitrogens is 1. The van der Waals surface area contributed by atoms with Crippen molar-refractivity contribution < 1.29 is 4.79 Å². The van der Waals surface area contributed by atoms with E-state index in [-0.39, 0.29) is 11.8 Å². The van der Waals surface area contributed by atoms with Gasteiger partial charge in [-0.1, -0.05) is 0 Å². The molecule has 19 heavy (non-hydrogen) atoms. The number of aryl methyl sites for hydroxylation is 1. The highest BCUT2D eigenvalue weighted by atomic mass is 16.2. The van der Waals surface area contributed by atoms with Gasteiger partial charge in [0.25, 0.3) is 0 Å². The van der Waals surface area contributed by atoms with E-state index < -0.39 is 0 Å². The maximum absolute atomic E-state index is 12.5. The van der Waals surface area contributed by atoms with Gasteiger partial charge in [-0.25, -0.2) is 0 Å². The molecule has 1 aromatic heterocycles. The highest BCUT2D eigenvalue weighted by Gasteiger charge is 2.50. The number of hydrogen-bond acceptors (Lipinski definition) is 2. The van der Waals surface area contributed by atoms with Gasteiger partial charge in [-0.05, 0) is 62.7 Å². The molecule has 0 aromatic carbocycles. The molecular formula is C15H21N3O. The summed E-state index contributed by atoms with van der Waals surface area (Å²) >= 11 is 0. The molecule has 4 saturated carbocycles. The average Bonchev–Trinajstić information content (AvgIpc) is 2.73. The van der Waals surface area contributed by atoms with Crippen molar-refractivity contribution in [3.8, 4) is 0 Å². The molecule has 5 rings (SSSR count). The maximum Gasteiger partial charge on any atom is 0.229 e. The van der Waals surface area contributed by atoms with E-state index in [9.17, 15) is 4.79 Å². The van der Waals surface area contributed by atoms with E-state index in [2.05, 4.69) is 15.5 Å². The minimum Gasteiger partial charge on any atom is -0.309 e. The minimum atomic E-state index is 0.209. The fourth-order valence-electron chi connectivity index (χ4n) is 5.04. The zero-order valence-electron chi connectivity index (χ0n) is 11.4. The third-order valence-electron chi connectivity index (χ3n) is 5.49. The van der Waals surface area contributed by atoms with Crippen LogP contribution in [0.5, 0.6) is 0 Å². The lowest BCUT2D eigenvalue weighted by Crippen LogP contribution is -2.49. The zero-order valence-corrected chi connectivity index (χ0v) is 11.4. The fourth-order valence-corrected chi connectivity index (χ4v) is 5.04.